The van der Waals surface area contributed by atoms with E-state index in [4.69, 9.17) is 0 Å². The molecule has 0 radical (unpaired) electrons. The summed E-state index contributed by atoms with van der Waals surface area (Å²) in [5.74, 6) is -1.57. The molecule has 2 saturated heterocycles. The predicted molar refractivity (Wildman–Crippen MR) is 106 cm³/mol. The van der Waals surface area contributed by atoms with E-state index in [-0.39, 0.29) is 44.4 Å². The first-order valence-corrected chi connectivity index (χ1v) is 11.3. The van der Waals surface area contributed by atoms with Gasteiger partial charge in [-0.25, -0.2) is 8.42 Å². The maximum atomic E-state index is 12.6. The molecule has 1 aromatic rings. The summed E-state index contributed by atoms with van der Waals surface area (Å²) in [5.41, 5.74) is 0.723. The van der Waals surface area contributed by atoms with Crippen LogP contribution in [0.5, 0.6) is 0 Å². The van der Waals surface area contributed by atoms with Crippen LogP contribution in [0.25, 0.3) is 0 Å². The molecule has 0 saturated carbocycles. The van der Waals surface area contributed by atoms with Gasteiger partial charge in [0.15, 0.2) is 0 Å². The summed E-state index contributed by atoms with van der Waals surface area (Å²) in [7, 11) is -3.46. The van der Waals surface area contributed by atoms with Crippen molar-refractivity contribution < 1.29 is 22.8 Å². The number of carbonyl (C=O) groups excluding carboxylic acids is 3. The molecule has 0 atom stereocenters. The molecular weight excluding hydrogens is 396 g/mol. The fraction of sp³-hybridized carbons (Fsp3) is 0.526. The number of rotatable bonds is 6. The lowest BCUT2D eigenvalue weighted by Crippen LogP contribution is -2.58. The van der Waals surface area contributed by atoms with Gasteiger partial charge in [-0.15, -0.1) is 0 Å². The summed E-state index contributed by atoms with van der Waals surface area (Å²) in [6.07, 6.45) is 0. The van der Waals surface area contributed by atoms with Gasteiger partial charge in [-0.2, -0.15) is 4.31 Å². The minimum absolute atomic E-state index is 0.0693. The van der Waals surface area contributed by atoms with E-state index in [1.807, 2.05) is 6.07 Å². The van der Waals surface area contributed by atoms with Gasteiger partial charge in [0.05, 0.1) is 5.75 Å². The molecule has 1 aromatic carbocycles. The Bertz CT molecular complexity index is 866. The second-order valence-corrected chi connectivity index (χ2v) is 9.10. The van der Waals surface area contributed by atoms with Crippen LogP contribution in [0.1, 0.15) is 12.5 Å². The SMILES string of the molecule is CCN1CCN(CC(=O)N2CCN(S(=O)(=O)Cc3ccccc3)CC2)C(=O)C1=O. The smallest absolute Gasteiger partial charge is 0.312 e. The van der Waals surface area contributed by atoms with Gasteiger partial charge in [0, 0.05) is 45.8 Å². The van der Waals surface area contributed by atoms with E-state index < -0.39 is 21.8 Å². The number of amides is 3. The van der Waals surface area contributed by atoms with Crippen molar-refractivity contribution >= 4 is 27.7 Å². The van der Waals surface area contributed by atoms with Crippen molar-refractivity contribution in [3.63, 3.8) is 0 Å². The first-order chi connectivity index (χ1) is 13.8. The van der Waals surface area contributed by atoms with Crippen molar-refractivity contribution in [1.29, 1.82) is 0 Å². The maximum Gasteiger partial charge on any atom is 0.312 e. The van der Waals surface area contributed by atoms with Gasteiger partial charge in [0.2, 0.25) is 15.9 Å². The first kappa shape index (κ1) is 21.3. The molecule has 29 heavy (non-hydrogen) atoms. The highest BCUT2D eigenvalue weighted by atomic mass is 32.2. The molecule has 158 valence electrons. The first-order valence-electron chi connectivity index (χ1n) is 9.69. The number of benzene rings is 1. The van der Waals surface area contributed by atoms with E-state index >= 15 is 0 Å². The van der Waals surface area contributed by atoms with Crippen LogP contribution in [0.15, 0.2) is 30.3 Å². The molecule has 3 rings (SSSR count). The summed E-state index contributed by atoms with van der Waals surface area (Å²) in [4.78, 5) is 41.0. The van der Waals surface area contributed by atoms with Crippen molar-refractivity contribution in [1.82, 2.24) is 19.0 Å². The average molecular weight is 423 g/mol. The van der Waals surface area contributed by atoms with Gasteiger partial charge in [0.25, 0.3) is 0 Å². The molecule has 2 aliphatic heterocycles. The summed E-state index contributed by atoms with van der Waals surface area (Å²) < 4.78 is 26.6. The maximum absolute atomic E-state index is 12.6. The van der Waals surface area contributed by atoms with Crippen molar-refractivity contribution in [3.05, 3.63) is 35.9 Å². The standard InChI is InChI=1S/C19H26N4O5S/c1-2-20-8-9-22(19(26)18(20)25)14-17(24)21-10-12-23(13-11-21)29(27,28)15-16-6-4-3-5-7-16/h3-7H,2,8-15H2,1H3. The minimum Gasteiger partial charge on any atom is -0.339 e. The van der Waals surface area contributed by atoms with Crippen LogP contribution < -0.4 is 0 Å². The number of sulfonamides is 1. The molecule has 2 heterocycles. The Morgan fingerprint density at radius 1 is 0.897 bits per heavy atom. The van der Waals surface area contributed by atoms with E-state index in [0.29, 0.717) is 19.6 Å². The number of piperazine rings is 2. The zero-order valence-corrected chi connectivity index (χ0v) is 17.3. The quantitative estimate of drug-likeness (QED) is 0.568. The fourth-order valence-corrected chi connectivity index (χ4v) is 5.04. The summed E-state index contributed by atoms with van der Waals surface area (Å²) in [6, 6.07) is 8.98. The number of carbonyl (C=O) groups is 3. The Balaban J connectivity index is 1.52. The molecule has 0 aromatic heterocycles. The van der Waals surface area contributed by atoms with Crippen molar-refractivity contribution in [2.45, 2.75) is 12.7 Å². The zero-order valence-electron chi connectivity index (χ0n) is 16.5. The van der Waals surface area contributed by atoms with Gasteiger partial charge >= 0.3 is 11.8 Å². The van der Waals surface area contributed by atoms with Gasteiger partial charge in [-0.05, 0) is 12.5 Å². The summed E-state index contributed by atoms with van der Waals surface area (Å²) in [5, 5.41) is 0. The van der Waals surface area contributed by atoms with E-state index in [2.05, 4.69) is 0 Å². The molecular formula is C19H26N4O5S. The molecule has 10 heteroatoms. The lowest BCUT2D eigenvalue weighted by atomic mass is 10.2. The van der Waals surface area contributed by atoms with Gasteiger partial charge in [-0.1, -0.05) is 30.3 Å². The van der Waals surface area contributed by atoms with Crippen molar-refractivity contribution in [2.75, 3.05) is 52.4 Å². The highest BCUT2D eigenvalue weighted by Gasteiger charge is 2.34. The number of nitrogens with zero attached hydrogens (tertiary/aromatic N) is 4. The molecule has 2 fully saturated rings. The Morgan fingerprint density at radius 3 is 2.10 bits per heavy atom. The van der Waals surface area contributed by atoms with Gasteiger partial charge < -0.3 is 14.7 Å². The van der Waals surface area contributed by atoms with Gasteiger partial charge in [-0.3, -0.25) is 14.4 Å². The minimum atomic E-state index is -3.46. The largest absolute Gasteiger partial charge is 0.339 e. The van der Waals surface area contributed by atoms with Crippen LogP contribution in [0.2, 0.25) is 0 Å². The Labute approximate surface area is 170 Å². The van der Waals surface area contributed by atoms with Crippen LogP contribution >= 0.6 is 0 Å². The van der Waals surface area contributed by atoms with E-state index in [1.165, 1.54) is 14.1 Å². The molecule has 0 aliphatic carbocycles. The van der Waals surface area contributed by atoms with Gasteiger partial charge in [0.1, 0.15) is 6.54 Å². The van der Waals surface area contributed by atoms with Crippen molar-refractivity contribution in [3.8, 4) is 0 Å². The van der Waals surface area contributed by atoms with Crippen LogP contribution in [-0.4, -0.2) is 97.5 Å². The zero-order chi connectivity index (χ0) is 21.0. The molecule has 0 spiro atoms. The van der Waals surface area contributed by atoms with Crippen LogP contribution in [0.3, 0.4) is 0 Å². The molecule has 0 unspecified atom stereocenters. The normalized spacial score (nSPS) is 19.0. The van der Waals surface area contributed by atoms with E-state index in [9.17, 15) is 22.8 Å². The van der Waals surface area contributed by atoms with Crippen LogP contribution in [0, 0.1) is 0 Å². The number of hydrogen-bond acceptors (Lipinski definition) is 5. The molecule has 9 nitrogen and oxygen atoms in total. The monoisotopic (exact) mass is 422 g/mol. The topological polar surface area (TPSA) is 98.3 Å². The second-order valence-electron chi connectivity index (χ2n) is 7.13. The fourth-order valence-electron chi connectivity index (χ4n) is 3.52. The molecule has 3 amide bonds. The lowest BCUT2D eigenvalue weighted by molar-refractivity contribution is -0.157. The summed E-state index contributed by atoms with van der Waals surface area (Å²) in [6.45, 7) is 3.83. The number of likely N-dealkylation sites (N-methyl/N-ethyl adjacent to an activating group) is 1. The average Bonchev–Trinajstić information content (AvgIpc) is 2.72. The number of hydrogen-bond donors (Lipinski definition) is 0. The molecule has 0 bridgehead atoms. The Kier molecular flexibility index (Phi) is 6.53. The third kappa shape index (κ3) is 4.94. The lowest BCUT2D eigenvalue weighted by Gasteiger charge is -2.37. The van der Waals surface area contributed by atoms with Crippen LogP contribution in [-0.2, 0) is 30.2 Å². The van der Waals surface area contributed by atoms with E-state index in [1.54, 1.807) is 36.1 Å². The Hall–Kier alpha value is -2.46. The Morgan fingerprint density at radius 2 is 1.48 bits per heavy atom. The van der Waals surface area contributed by atoms with E-state index in [0.717, 1.165) is 5.56 Å². The van der Waals surface area contributed by atoms with Crippen LogP contribution in [0.4, 0.5) is 0 Å². The third-order valence-electron chi connectivity index (χ3n) is 5.28. The van der Waals surface area contributed by atoms with Crippen molar-refractivity contribution in [2.24, 2.45) is 0 Å². The predicted octanol–water partition coefficient (Wildman–Crippen LogP) is -0.649. The highest BCUT2D eigenvalue weighted by molar-refractivity contribution is 7.88. The second kappa shape index (κ2) is 8.91. The highest BCUT2D eigenvalue weighted by Crippen LogP contribution is 2.14. The third-order valence-corrected chi connectivity index (χ3v) is 7.13. The molecule has 2 aliphatic rings. The molecule has 0 N–H and O–H groups in total. The summed E-state index contributed by atoms with van der Waals surface area (Å²) >= 11 is 0.